The minimum Gasteiger partial charge on any atom is -0.486 e. The Morgan fingerprint density at radius 2 is 1.93 bits per heavy atom. The molecule has 11 heteroatoms. The molecule has 3 aromatic rings. The highest BCUT2D eigenvalue weighted by molar-refractivity contribution is 5.79. The average Bonchev–Trinajstić information content (AvgIpc) is 3.03. The van der Waals surface area contributed by atoms with Gasteiger partial charge >= 0.3 is 11.3 Å². The van der Waals surface area contributed by atoms with Crippen molar-refractivity contribution in [3.63, 3.8) is 0 Å². The van der Waals surface area contributed by atoms with E-state index in [2.05, 4.69) is 4.98 Å². The molecule has 152 valence electrons. The minimum atomic E-state index is -0.503. The van der Waals surface area contributed by atoms with E-state index in [1.807, 2.05) is 0 Å². The average molecular weight is 401 g/mol. The van der Waals surface area contributed by atoms with Crippen LogP contribution >= 0.6 is 0 Å². The van der Waals surface area contributed by atoms with Crippen molar-refractivity contribution in [2.75, 3.05) is 13.1 Å². The number of imidazole rings is 1. The van der Waals surface area contributed by atoms with Gasteiger partial charge in [-0.15, -0.1) is 0 Å². The monoisotopic (exact) mass is 401 g/mol. The van der Waals surface area contributed by atoms with E-state index < -0.39 is 16.9 Å². The van der Waals surface area contributed by atoms with Gasteiger partial charge in [-0.25, -0.2) is 14.6 Å². The van der Waals surface area contributed by atoms with Crippen LogP contribution in [-0.2, 0) is 25.4 Å². The highest BCUT2D eigenvalue weighted by Gasteiger charge is 2.32. The van der Waals surface area contributed by atoms with Gasteiger partial charge in [-0.2, -0.15) is 0 Å². The summed E-state index contributed by atoms with van der Waals surface area (Å²) in [5, 5.41) is 0. The number of carbonyl (C=O) groups excluding carboxylic acids is 1. The number of likely N-dealkylation sites (tertiary alicyclic amines) is 1. The van der Waals surface area contributed by atoms with Crippen molar-refractivity contribution < 1.29 is 13.9 Å². The number of fused-ring (bicyclic) bond motifs is 1. The molecule has 4 rings (SSSR count). The summed E-state index contributed by atoms with van der Waals surface area (Å²) in [4.78, 5) is 54.1. The van der Waals surface area contributed by atoms with E-state index in [9.17, 15) is 19.2 Å². The Hall–Kier alpha value is -3.63. The zero-order chi connectivity index (χ0) is 20.9. The maximum atomic E-state index is 12.6. The van der Waals surface area contributed by atoms with Crippen molar-refractivity contribution in [3.8, 4) is 5.75 Å². The third-order valence-corrected chi connectivity index (χ3v) is 4.89. The number of hydrogen-bond acceptors (Lipinski definition) is 7. The van der Waals surface area contributed by atoms with Crippen LogP contribution in [0.3, 0.4) is 0 Å². The van der Waals surface area contributed by atoms with E-state index in [0.29, 0.717) is 24.6 Å². The zero-order valence-corrected chi connectivity index (χ0v) is 16.1. The van der Waals surface area contributed by atoms with E-state index >= 15 is 0 Å². The van der Waals surface area contributed by atoms with Crippen LogP contribution in [0, 0.1) is 6.92 Å². The first-order valence-electron chi connectivity index (χ1n) is 8.91. The first kappa shape index (κ1) is 18.7. The highest BCUT2D eigenvalue weighted by Crippen LogP contribution is 2.18. The van der Waals surface area contributed by atoms with Gasteiger partial charge in [0.1, 0.15) is 24.2 Å². The van der Waals surface area contributed by atoms with Gasteiger partial charge in [0.15, 0.2) is 11.2 Å². The molecule has 1 aliphatic rings. The van der Waals surface area contributed by atoms with Gasteiger partial charge in [-0.05, 0) is 6.92 Å². The van der Waals surface area contributed by atoms with Crippen LogP contribution in [-0.4, -0.2) is 48.7 Å². The van der Waals surface area contributed by atoms with Crippen LogP contribution in [0.4, 0.5) is 0 Å². The van der Waals surface area contributed by atoms with Crippen molar-refractivity contribution in [1.82, 2.24) is 23.6 Å². The fraction of sp³-hybridized carbons (Fsp3) is 0.389. The molecule has 1 amide bonds. The van der Waals surface area contributed by atoms with Crippen LogP contribution < -0.4 is 21.6 Å². The lowest BCUT2D eigenvalue weighted by atomic mass is 10.1. The molecule has 3 aromatic heterocycles. The summed E-state index contributed by atoms with van der Waals surface area (Å²) in [6.07, 6.45) is 1.15. The van der Waals surface area contributed by atoms with E-state index in [-0.39, 0.29) is 29.7 Å². The highest BCUT2D eigenvalue weighted by atomic mass is 16.5. The quantitative estimate of drug-likeness (QED) is 0.549. The summed E-state index contributed by atoms with van der Waals surface area (Å²) in [6.45, 7) is 2.30. The fourth-order valence-electron chi connectivity index (χ4n) is 3.32. The Balaban J connectivity index is 1.46. The van der Waals surface area contributed by atoms with E-state index in [0.717, 1.165) is 4.57 Å². The molecule has 0 saturated carbocycles. The molecule has 0 bridgehead atoms. The van der Waals surface area contributed by atoms with Crippen LogP contribution in [0.5, 0.6) is 5.75 Å². The fourth-order valence-corrected chi connectivity index (χ4v) is 3.32. The standard InChI is InChI=1S/C18H19N5O6/c1-10-4-11(5-14(25)28-10)29-12-6-22(7-12)13(24)8-23-9-19-16-15(23)17(26)21(3)18(27)20(16)2/h4-5,9,12H,6-8H2,1-3H3. The Kier molecular flexibility index (Phi) is 4.36. The van der Waals surface area contributed by atoms with Crippen LogP contribution in [0.25, 0.3) is 11.2 Å². The second-order valence-corrected chi connectivity index (χ2v) is 7.01. The van der Waals surface area contributed by atoms with Gasteiger partial charge in [0.25, 0.3) is 5.56 Å². The number of amides is 1. The van der Waals surface area contributed by atoms with Gasteiger partial charge in [0, 0.05) is 20.2 Å². The lowest BCUT2D eigenvalue weighted by molar-refractivity contribution is -0.140. The largest absolute Gasteiger partial charge is 0.486 e. The Bertz CT molecular complexity index is 1290. The zero-order valence-electron chi connectivity index (χ0n) is 16.1. The first-order chi connectivity index (χ1) is 13.7. The number of nitrogens with zero attached hydrogens (tertiary/aromatic N) is 5. The summed E-state index contributed by atoms with van der Waals surface area (Å²) in [5.74, 6) is 0.646. The van der Waals surface area contributed by atoms with Gasteiger partial charge in [-0.3, -0.25) is 18.7 Å². The molecule has 29 heavy (non-hydrogen) atoms. The maximum absolute atomic E-state index is 12.6. The van der Waals surface area contributed by atoms with Crippen molar-refractivity contribution in [1.29, 1.82) is 0 Å². The predicted molar refractivity (Wildman–Crippen MR) is 101 cm³/mol. The van der Waals surface area contributed by atoms with Gasteiger partial charge in [0.2, 0.25) is 5.91 Å². The molecule has 0 N–H and O–H groups in total. The molecule has 0 radical (unpaired) electrons. The van der Waals surface area contributed by atoms with Gasteiger partial charge < -0.3 is 18.6 Å². The Morgan fingerprint density at radius 1 is 1.21 bits per heavy atom. The Labute approximate surface area is 163 Å². The number of rotatable bonds is 4. The van der Waals surface area contributed by atoms with E-state index in [4.69, 9.17) is 9.15 Å². The van der Waals surface area contributed by atoms with Crippen LogP contribution in [0.15, 0.2) is 37.3 Å². The third kappa shape index (κ3) is 3.24. The molecular formula is C18H19N5O6. The minimum absolute atomic E-state index is 0.0787. The molecule has 0 aliphatic carbocycles. The summed E-state index contributed by atoms with van der Waals surface area (Å²) in [7, 11) is 2.90. The molecular weight excluding hydrogens is 382 g/mol. The smallest absolute Gasteiger partial charge is 0.339 e. The molecule has 0 unspecified atom stereocenters. The summed E-state index contributed by atoms with van der Waals surface area (Å²) < 4.78 is 14.3. The number of aryl methyl sites for hydroxylation is 2. The van der Waals surface area contributed by atoms with E-state index in [1.165, 1.54) is 35.6 Å². The topological polar surface area (TPSA) is 122 Å². The number of aromatic nitrogens is 4. The number of ether oxygens (including phenoxy) is 1. The van der Waals surface area contributed by atoms with Crippen molar-refractivity contribution in [2.45, 2.75) is 19.6 Å². The molecule has 11 nitrogen and oxygen atoms in total. The third-order valence-electron chi connectivity index (χ3n) is 4.89. The lowest BCUT2D eigenvalue weighted by Crippen LogP contribution is -2.57. The second kappa shape index (κ2) is 6.76. The number of carbonyl (C=O) groups is 1. The van der Waals surface area contributed by atoms with Crippen molar-refractivity contribution >= 4 is 17.1 Å². The molecule has 1 saturated heterocycles. The van der Waals surface area contributed by atoms with Crippen molar-refractivity contribution in [2.24, 2.45) is 14.1 Å². The molecule has 0 spiro atoms. The second-order valence-electron chi connectivity index (χ2n) is 7.01. The van der Waals surface area contributed by atoms with Crippen LogP contribution in [0.2, 0.25) is 0 Å². The van der Waals surface area contributed by atoms with Gasteiger partial charge in [0.05, 0.1) is 25.5 Å². The molecule has 1 fully saturated rings. The summed E-state index contributed by atoms with van der Waals surface area (Å²) in [5.41, 5.74) is -1.05. The van der Waals surface area contributed by atoms with Gasteiger partial charge in [-0.1, -0.05) is 0 Å². The first-order valence-corrected chi connectivity index (χ1v) is 8.91. The summed E-state index contributed by atoms with van der Waals surface area (Å²) >= 11 is 0. The predicted octanol–water partition coefficient (Wildman–Crippen LogP) is -1.01. The Morgan fingerprint density at radius 3 is 2.62 bits per heavy atom. The van der Waals surface area contributed by atoms with Crippen molar-refractivity contribution in [3.05, 3.63) is 55.5 Å². The molecule has 1 aliphatic heterocycles. The summed E-state index contributed by atoms with van der Waals surface area (Å²) in [6, 6.07) is 2.87. The molecule has 4 heterocycles. The molecule has 0 atom stereocenters. The SMILES string of the molecule is Cc1cc(OC2CN(C(=O)Cn3cnc4c3c(=O)n(C)c(=O)n4C)C2)cc(=O)o1. The van der Waals surface area contributed by atoms with E-state index in [1.54, 1.807) is 17.9 Å². The lowest BCUT2D eigenvalue weighted by Gasteiger charge is -2.39. The van der Waals surface area contributed by atoms with Crippen LogP contribution in [0.1, 0.15) is 5.76 Å². The molecule has 0 aromatic carbocycles. The number of hydrogen-bond donors (Lipinski definition) is 0. The maximum Gasteiger partial charge on any atom is 0.339 e. The normalized spacial score (nSPS) is 14.2.